The first kappa shape index (κ1) is 19.7. The Morgan fingerprint density at radius 3 is 2.94 bits per heavy atom. The lowest BCUT2D eigenvalue weighted by Crippen LogP contribution is -2.40. The Morgan fingerprint density at radius 1 is 1.21 bits per heavy atom. The Hall–Kier alpha value is -3.99. The van der Waals surface area contributed by atoms with Crippen LogP contribution >= 0.6 is 0 Å². The quantitative estimate of drug-likeness (QED) is 0.354. The van der Waals surface area contributed by atoms with Gasteiger partial charge in [-0.2, -0.15) is 15.1 Å². The summed E-state index contributed by atoms with van der Waals surface area (Å²) >= 11 is 0. The van der Waals surface area contributed by atoms with Crippen LogP contribution < -0.4 is 15.5 Å². The molecule has 1 aliphatic carbocycles. The number of aromatic nitrogens is 6. The first-order valence-electron chi connectivity index (χ1n) is 11.0. The minimum atomic E-state index is -0.662. The van der Waals surface area contributed by atoms with Gasteiger partial charge >= 0.3 is 0 Å². The summed E-state index contributed by atoms with van der Waals surface area (Å²) in [5.41, 5.74) is 2.39. The molecule has 1 aliphatic heterocycles. The third-order valence-electron chi connectivity index (χ3n) is 6.00. The van der Waals surface area contributed by atoms with Gasteiger partial charge in [-0.05, 0) is 37.1 Å². The summed E-state index contributed by atoms with van der Waals surface area (Å²) in [7, 11) is 0. The van der Waals surface area contributed by atoms with E-state index in [1.54, 1.807) is 29.4 Å². The van der Waals surface area contributed by atoms with Crippen molar-refractivity contribution >= 4 is 35.0 Å². The molecule has 11 heteroatoms. The van der Waals surface area contributed by atoms with Gasteiger partial charge in [0.05, 0.1) is 18.0 Å². The van der Waals surface area contributed by atoms with Crippen LogP contribution in [-0.4, -0.2) is 59.3 Å². The zero-order valence-electron chi connectivity index (χ0n) is 17.7. The van der Waals surface area contributed by atoms with Crippen molar-refractivity contribution in [3.05, 3.63) is 54.6 Å². The zero-order valence-corrected chi connectivity index (χ0v) is 17.7. The van der Waals surface area contributed by atoms with Gasteiger partial charge < -0.3 is 20.6 Å². The lowest BCUT2D eigenvalue weighted by Gasteiger charge is -2.24. The summed E-state index contributed by atoms with van der Waals surface area (Å²) in [5.74, 6) is 1.88. The van der Waals surface area contributed by atoms with E-state index in [4.69, 9.17) is 4.98 Å². The third kappa shape index (κ3) is 3.87. The molecule has 0 aromatic carbocycles. The van der Waals surface area contributed by atoms with Crippen LogP contribution in [0.5, 0.6) is 0 Å². The van der Waals surface area contributed by atoms with E-state index in [2.05, 4.69) is 30.8 Å². The number of nitrogens with zero attached hydrogens (tertiary/aromatic N) is 6. The molecule has 4 aromatic rings. The Bertz CT molecular complexity index is 1300. The minimum absolute atomic E-state index is 0.241. The molecule has 4 aromatic heterocycles. The van der Waals surface area contributed by atoms with Crippen LogP contribution in [0, 0.1) is 0 Å². The van der Waals surface area contributed by atoms with Crippen LogP contribution in [0.25, 0.3) is 5.65 Å². The normalized spacial score (nSPS) is 20.3. The van der Waals surface area contributed by atoms with Crippen LogP contribution in [0.2, 0.25) is 0 Å². The van der Waals surface area contributed by atoms with Crippen molar-refractivity contribution in [1.29, 1.82) is 0 Å². The van der Waals surface area contributed by atoms with Crippen molar-refractivity contribution in [1.82, 2.24) is 29.5 Å². The van der Waals surface area contributed by atoms with Gasteiger partial charge in [-0.1, -0.05) is 0 Å². The Kier molecular flexibility index (Phi) is 4.68. The van der Waals surface area contributed by atoms with E-state index >= 15 is 0 Å². The lowest BCUT2D eigenvalue weighted by molar-refractivity contribution is -0.117. The molecule has 33 heavy (non-hydrogen) atoms. The van der Waals surface area contributed by atoms with Crippen molar-refractivity contribution in [2.75, 3.05) is 22.1 Å². The van der Waals surface area contributed by atoms with E-state index in [-0.39, 0.29) is 18.9 Å². The van der Waals surface area contributed by atoms with E-state index < -0.39 is 12.1 Å². The fourth-order valence-electron chi connectivity index (χ4n) is 4.20. The number of aliphatic hydroxyl groups excluding tert-OH is 1. The molecular formula is C22H23N9O2. The van der Waals surface area contributed by atoms with Gasteiger partial charge in [-0.15, -0.1) is 0 Å². The lowest BCUT2D eigenvalue weighted by atomic mass is 10.2. The SMILES string of the molecule is O=C(Nc1cccnc1)[C@@H]1C[C@H](O)CN1c1nc(Nc2cc(C3CC3)[nH]n2)n2cccc2n1. The van der Waals surface area contributed by atoms with Crippen molar-refractivity contribution in [3.8, 4) is 0 Å². The number of fused-ring (bicyclic) bond motifs is 1. The van der Waals surface area contributed by atoms with Gasteiger partial charge in [0.25, 0.3) is 0 Å². The van der Waals surface area contributed by atoms with Crippen molar-refractivity contribution in [2.24, 2.45) is 0 Å². The predicted molar refractivity (Wildman–Crippen MR) is 121 cm³/mol. The molecule has 0 radical (unpaired) electrons. The number of β-amino-alcohol motifs (C(OH)–C–C–N with tert-alkyl or cyclic N) is 1. The fourth-order valence-corrected chi connectivity index (χ4v) is 4.20. The number of pyridine rings is 1. The monoisotopic (exact) mass is 445 g/mol. The highest BCUT2D eigenvalue weighted by Crippen LogP contribution is 2.39. The molecule has 168 valence electrons. The standard InChI is InChI=1S/C22H23N9O2/c32-15-9-17(20(33)24-14-3-1-7-23-11-14)31(12-15)22-26-19-4-2-8-30(19)21(27-22)25-18-10-16(28-29-18)13-5-6-13/h1-4,7-8,10-11,13,15,17,32H,5-6,9,12H2,(H,24,33)(H2,25,26,27,28,29)/t15-,17-/m0/s1. The minimum Gasteiger partial charge on any atom is -0.391 e. The number of aliphatic hydroxyl groups is 1. The maximum Gasteiger partial charge on any atom is 0.247 e. The van der Waals surface area contributed by atoms with E-state index in [9.17, 15) is 9.90 Å². The Morgan fingerprint density at radius 2 is 2.12 bits per heavy atom. The molecule has 0 unspecified atom stereocenters. The average Bonchev–Trinajstić information content (AvgIpc) is 3.20. The number of carbonyl (C=O) groups excluding carboxylic acids is 1. The van der Waals surface area contributed by atoms with Gasteiger partial charge in [-0.25, -0.2) is 0 Å². The van der Waals surface area contributed by atoms with Crippen LogP contribution in [0.4, 0.5) is 23.4 Å². The molecule has 0 spiro atoms. The molecule has 1 amide bonds. The highest BCUT2D eigenvalue weighted by molar-refractivity contribution is 5.97. The van der Waals surface area contributed by atoms with E-state index in [1.165, 1.54) is 12.8 Å². The van der Waals surface area contributed by atoms with Gasteiger partial charge in [-0.3, -0.25) is 19.3 Å². The van der Waals surface area contributed by atoms with Crippen LogP contribution in [0.3, 0.4) is 0 Å². The number of aromatic amines is 1. The largest absolute Gasteiger partial charge is 0.391 e. The van der Waals surface area contributed by atoms with Crippen molar-refractivity contribution < 1.29 is 9.90 Å². The summed E-state index contributed by atoms with van der Waals surface area (Å²) in [5, 5.41) is 23.9. The van der Waals surface area contributed by atoms with Gasteiger partial charge in [0.15, 0.2) is 5.82 Å². The summed E-state index contributed by atoms with van der Waals surface area (Å²) in [6.45, 7) is 0.260. The third-order valence-corrected chi connectivity index (χ3v) is 6.00. The first-order chi connectivity index (χ1) is 16.1. The van der Waals surface area contributed by atoms with Crippen molar-refractivity contribution in [2.45, 2.75) is 37.3 Å². The number of rotatable bonds is 6. The second-order valence-corrected chi connectivity index (χ2v) is 8.48. The van der Waals surface area contributed by atoms with Crippen LogP contribution in [0.15, 0.2) is 48.9 Å². The second-order valence-electron chi connectivity index (χ2n) is 8.48. The van der Waals surface area contributed by atoms with Gasteiger partial charge in [0.1, 0.15) is 11.7 Å². The topological polar surface area (TPSA) is 136 Å². The van der Waals surface area contributed by atoms with Gasteiger partial charge in [0.2, 0.25) is 17.8 Å². The fraction of sp³-hybridized carbons (Fsp3) is 0.318. The molecule has 11 nitrogen and oxygen atoms in total. The number of hydrogen-bond acceptors (Lipinski definition) is 8. The molecule has 1 saturated heterocycles. The zero-order chi connectivity index (χ0) is 22.4. The molecule has 6 rings (SSSR count). The molecular weight excluding hydrogens is 422 g/mol. The van der Waals surface area contributed by atoms with E-state index in [0.717, 1.165) is 5.69 Å². The molecule has 5 heterocycles. The number of carbonyl (C=O) groups is 1. The second kappa shape index (κ2) is 7.85. The average molecular weight is 445 g/mol. The summed E-state index contributed by atoms with van der Waals surface area (Å²) in [6, 6.07) is 8.65. The molecule has 0 bridgehead atoms. The van der Waals surface area contributed by atoms with Crippen LogP contribution in [0.1, 0.15) is 30.9 Å². The molecule has 4 N–H and O–H groups in total. The number of anilines is 4. The molecule has 2 aliphatic rings. The summed E-state index contributed by atoms with van der Waals surface area (Å²) < 4.78 is 1.83. The van der Waals surface area contributed by atoms with E-state index in [0.29, 0.717) is 35.0 Å². The number of H-pyrrole nitrogens is 1. The highest BCUT2D eigenvalue weighted by Gasteiger charge is 2.38. The molecule has 2 fully saturated rings. The first-order valence-corrected chi connectivity index (χ1v) is 11.0. The maximum atomic E-state index is 13.0. The number of nitrogens with one attached hydrogen (secondary N) is 3. The predicted octanol–water partition coefficient (Wildman–Crippen LogP) is 2.05. The molecule has 2 atom stereocenters. The van der Waals surface area contributed by atoms with Crippen molar-refractivity contribution in [3.63, 3.8) is 0 Å². The number of hydrogen-bond donors (Lipinski definition) is 4. The van der Waals surface area contributed by atoms with E-state index in [1.807, 2.05) is 28.8 Å². The Labute approximate surface area is 188 Å². The molecule has 1 saturated carbocycles. The maximum absolute atomic E-state index is 13.0. The summed E-state index contributed by atoms with van der Waals surface area (Å²) in [6.07, 6.45) is 7.07. The van der Waals surface area contributed by atoms with Gasteiger partial charge in [0, 0.05) is 43.0 Å². The summed E-state index contributed by atoms with van der Waals surface area (Å²) in [4.78, 5) is 28.1. The number of amides is 1. The highest BCUT2D eigenvalue weighted by atomic mass is 16.3. The van der Waals surface area contributed by atoms with Crippen LogP contribution in [-0.2, 0) is 4.79 Å². The Balaban J connectivity index is 1.30. The smallest absolute Gasteiger partial charge is 0.247 e.